The average Bonchev–Trinajstić information content (AvgIpc) is 3.30. The Bertz CT molecular complexity index is 1300. The fourth-order valence-electron chi connectivity index (χ4n) is 2.80. The lowest BCUT2D eigenvalue weighted by Crippen LogP contribution is -2.34. The van der Waals surface area contributed by atoms with Crippen LogP contribution in [0.3, 0.4) is 0 Å². The van der Waals surface area contributed by atoms with E-state index in [2.05, 4.69) is 25.9 Å². The van der Waals surface area contributed by atoms with Gasteiger partial charge in [0.2, 0.25) is 4.96 Å². The largest absolute Gasteiger partial charge is 0.494 e. The number of hydrogen-bond donors (Lipinski definition) is 2. The van der Waals surface area contributed by atoms with E-state index in [0.29, 0.717) is 10.7 Å². The van der Waals surface area contributed by atoms with Gasteiger partial charge in [0.1, 0.15) is 10.8 Å². The SMILES string of the molecule is COc1c(Cl)cc(Cl)cc1C(=O)NC(=S)Nc1ccc(-c2nn3c(C)nnc3s2)cc1. The van der Waals surface area contributed by atoms with Crippen molar-refractivity contribution in [2.45, 2.75) is 6.92 Å². The smallest absolute Gasteiger partial charge is 0.261 e. The third-order valence-corrected chi connectivity index (χ3v) is 5.87. The van der Waals surface area contributed by atoms with Crippen LogP contribution in [0.2, 0.25) is 10.0 Å². The summed E-state index contributed by atoms with van der Waals surface area (Å²) in [6, 6.07) is 10.4. The minimum Gasteiger partial charge on any atom is -0.494 e. The Morgan fingerprint density at radius 3 is 2.61 bits per heavy atom. The van der Waals surface area contributed by atoms with Gasteiger partial charge in [0, 0.05) is 16.3 Å². The number of aromatic nitrogens is 4. The second-order valence-electron chi connectivity index (χ2n) is 6.30. The minimum atomic E-state index is -0.495. The molecule has 0 spiro atoms. The second-order valence-corrected chi connectivity index (χ2v) is 8.51. The van der Waals surface area contributed by atoms with Gasteiger partial charge in [-0.2, -0.15) is 9.61 Å². The number of halogens is 2. The summed E-state index contributed by atoms with van der Waals surface area (Å²) in [5.41, 5.74) is 1.80. The molecule has 0 radical (unpaired) electrons. The van der Waals surface area contributed by atoms with Gasteiger partial charge in [0.15, 0.2) is 10.9 Å². The second kappa shape index (κ2) is 8.75. The Hall–Kier alpha value is -2.79. The molecule has 4 rings (SSSR count). The predicted octanol–water partition coefficient (Wildman–Crippen LogP) is 4.60. The van der Waals surface area contributed by atoms with Gasteiger partial charge in [-0.1, -0.05) is 34.5 Å². The Morgan fingerprint density at radius 2 is 1.94 bits per heavy atom. The van der Waals surface area contributed by atoms with Crippen LogP contribution in [0.15, 0.2) is 36.4 Å². The van der Waals surface area contributed by atoms with Gasteiger partial charge in [-0.3, -0.25) is 10.1 Å². The molecule has 2 aromatic heterocycles. The number of rotatable bonds is 4. The zero-order valence-electron chi connectivity index (χ0n) is 16.1. The summed E-state index contributed by atoms with van der Waals surface area (Å²) < 4.78 is 6.90. The van der Waals surface area contributed by atoms with Crippen LogP contribution < -0.4 is 15.4 Å². The van der Waals surface area contributed by atoms with Crippen molar-refractivity contribution in [2.24, 2.45) is 0 Å². The number of amides is 1. The van der Waals surface area contributed by atoms with Crippen molar-refractivity contribution in [1.29, 1.82) is 0 Å². The summed E-state index contributed by atoms with van der Waals surface area (Å²) >= 11 is 18.8. The van der Waals surface area contributed by atoms with Crippen molar-refractivity contribution in [1.82, 2.24) is 25.1 Å². The van der Waals surface area contributed by atoms with Crippen LogP contribution in [0.5, 0.6) is 5.75 Å². The van der Waals surface area contributed by atoms with E-state index in [4.69, 9.17) is 40.2 Å². The number of ether oxygens (including phenoxy) is 1. The quantitative estimate of drug-likeness (QED) is 0.402. The van der Waals surface area contributed by atoms with E-state index >= 15 is 0 Å². The van der Waals surface area contributed by atoms with Crippen LogP contribution in [0.4, 0.5) is 5.69 Å². The topological polar surface area (TPSA) is 93.4 Å². The molecule has 0 saturated carbocycles. The summed E-state index contributed by atoms with van der Waals surface area (Å²) in [5.74, 6) is 0.455. The normalized spacial score (nSPS) is 10.8. The van der Waals surface area contributed by atoms with Crippen molar-refractivity contribution in [3.05, 3.63) is 57.8 Å². The van der Waals surface area contributed by atoms with Gasteiger partial charge >= 0.3 is 0 Å². The van der Waals surface area contributed by atoms with Gasteiger partial charge in [0.25, 0.3) is 5.91 Å². The minimum absolute atomic E-state index is 0.116. The van der Waals surface area contributed by atoms with Crippen molar-refractivity contribution >= 4 is 68.4 Å². The third-order valence-electron chi connectivity index (χ3n) is 4.22. The average molecular weight is 493 g/mol. The Balaban J connectivity index is 1.45. The molecule has 31 heavy (non-hydrogen) atoms. The van der Waals surface area contributed by atoms with Crippen LogP contribution in [0.25, 0.3) is 15.5 Å². The van der Waals surface area contributed by atoms with Crippen LogP contribution in [-0.2, 0) is 0 Å². The van der Waals surface area contributed by atoms with Crippen molar-refractivity contribution < 1.29 is 9.53 Å². The highest BCUT2D eigenvalue weighted by atomic mass is 35.5. The lowest BCUT2D eigenvalue weighted by atomic mass is 10.2. The standard InChI is InChI=1S/C19H14Cl2N6O2S2/c1-9-24-25-19-27(9)26-17(31-19)10-3-5-12(6-4-10)22-18(30)23-16(28)13-7-11(20)8-14(21)15(13)29-2/h3-8H,1-2H3,(H2,22,23,28,30). The van der Waals surface area contributed by atoms with Gasteiger partial charge in [0.05, 0.1) is 17.7 Å². The first-order valence-corrected chi connectivity index (χ1v) is 10.8. The lowest BCUT2D eigenvalue weighted by Gasteiger charge is -2.13. The number of carbonyl (C=O) groups is 1. The number of hydrogen-bond acceptors (Lipinski definition) is 7. The monoisotopic (exact) mass is 492 g/mol. The molecule has 0 unspecified atom stereocenters. The van der Waals surface area contributed by atoms with E-state index in [1.54, 1.807) is 4.52 Å². The summed E-state index contributed by atoms with van der Waals surface area (Å²) in [4.78, 5) is 13.3. The van der Waals surface area contributed by atoms with Crippen LogP contribution in [0.1, 0.15) is 16.2 Å². The molecule has 8 nitrogen and oxygen atoms in total. The molecule has 12 heteroatoms. The first kappa shape index (κ1) is 21.4. The van der Waals surface area contributed by atoms with Gasteiger partial charge in [-0.05, 0) is 55.5 Å². The first-order chi connectivity index (χ1) is 14.9. The first-order valence-electron chi connectivity index (χ1n) is 8.80. The Morgan fingerprint density at radius 1 is 1.19 bits per heavy atom. The van der Waals surface area contributed by atoms with Gasteiger partial charge in [-0.25, -0.2) is 0 Å². The van der Waals surface area contributed by atoms with Gasteiger partial charge in [-0.15, -0.1) is 10.2 Å². The van der Waals surface area contributed by atoms with E-state index in [1.807, 2.05) is 31.2 Å². The number of nitrogens with zero attached hydrogens (tertiary/aromatic N) is 4. The number of nitrogens with one attached hydrogen (secondary N) is 2. The highest BCUT2D eigenvalue weighted by Crippen LogP contribution is 2.32. The Kier molecular flexibility index (Phi) is 6.05. The molecule has 0 aliphatic carbocycles. The molecule has 0 bridgehead atoms. The van der Waals surface area contributed by atoms with Crippen LogP contribution >= 0.6 is 46.8 Å². The third kappa shape index (κ3) is 4.47. The number of carbonyl (C=O) groups excluding carboxylic acids is 1. The molecular weight excluding hydrogens is 479 g/mol. The van der Waals surface area contributed by atoms with E-state index < -0.39 is 5.91 Å². The number of methoxy groups -OCH3 is 1. The van der Waals surface area contributed by atoms with E-state index in [1.165, 1.54) is 30.6 Å². The molecule has 0 aliphatic rings. The van der Waals surface area contributed by atoms with Crippen molar-refractivity contribution in [3.63, 3.8) is 0 Å². The zero-order valence-corrected chi connectivity index (χ0v) is 19.3. The molecule has 0 fully saturated rings. The van der Waals surface area contributed by atoms with Crippen LogP contribution in [0, 0.1) is 6.92 Å². The number of anilines is 1. The molecule has 158 valence electrons. The fourth-order valence-corrected chi connectivity index (χ4v) is 4.47. The predicted molar refractivity (Wildman–Crippen MR) is 126 cm³/mol. The van der Waals surface area contributed by atoms with Gasteiger partial charge < -0.3 is 10.1 Å². The maximum Gasteiger partial charge on any atom is 0.261 e. The van der Waals surface area contributed by atoms with E-state index in [9.17, 15) is 4.79 Å². The summed E-state index contributed by atoms with van der Waals surface area (Å²) in [6.07, 6.45) is 0. The molecule has 2 heterocycles. The number of fused-ring (bicyclic) bond motifs is 1. The van der Waals surface area contributed by atoms with Crippen molar-refractivity contribution in [3.8, 4) is 16.3 Å². The summed E-state index contributed by atoms with van der Waals surface area (Å²) in [5, 5.41) is 19.6. The number of benzene rings is 2. The molecule has 2 N–H and O–H groups in total. The van der Waals surface area contributed by atoms with E-state index in [0.717, 1.165) is 21.4 Å². The highest BCUT2D eigenvalue weighted by Gasteiger charge is 2.18. The molecule has 0 aliphatic heterocycles. The zero-order chi connectivity index (χ0) is 22.1. The molecule has 0 atom stereocenters. The molecule has 2 aromatic carbocycles. The Labute approximate surface area is 196 Å². The maximum atomic E-state index is 12.6. The molecule has 0 saturated heterocycles. The highest BCUT2D eigenvalue weighted by molar-refractivity contribution is 7.80. The van der Waals surface area contributed by atoms with Crippen LogP contribution in [-0.4, -0.2) is 37.9 Å². The maximum absolute atomic E-state index is 12.6. The summed E-state index contributed by atoms with van der Waals surface area (Å²) in [7, 11) is 1.42. The van der Waals surface area contributed by atoms with Crippen molar-refractivity contribution in [2.75, 3.05) is 12.4 Å². The van der Waals surface area contributed by atoms with E-state index in [-0.39, 0.29) is 21.4 Å². The molecule has 4 aromatic rings. The number of thiocarbonyl (C=S) groups is 1. The lowest BCUT2D eigenvalue weighted by molar-refractivity contribution is 0.0975. The number of aryl methyl sites for hydroxylation is 1. The molecular formula is C19H14Cl2N6O2S2. The molecule has 1 amide bonds. The summed E-state index contributed by atoms with van der Waals surface area (Å²) in [6.45, 7) is 1.85. The fraction of sp³-hybridized carbons (Fsp3) is 0.105.